The molecule has 1 nitrogen and oxygen atoms in total. The summed E-state index contributed by atoms with van der Waals surface area (Å²) < 4.78 is 6.37. The van der Waals surface area contributed by atoms with Crippen molar-refractivity contribution < 1.29 is 4.74 Å². The number of fused-ring (bicyclic) bond motifs is 1. The molecule has 3 rings (SSSR count). The van der Waals surface area contributed by atoms with Gasteiger partial charge < -0.3 is 4.74 Å². The molecular weight excluding hydrogens is 292 g/mol. The van der Waals surface area contributed by atoms with Crippen molar-refractivity contribution in [2.45, 2.75) is 72.3 Å². The number of hydrogen-bond acceptors (Lipinski definition) is 1. The van der Waals surface area contributed by atoms with E-state index in [1.165, 1.54) is 33.4 Å². The largest absolute Gasteiger partial charge is 0.487 e. The topological polar surface area (TPSA) is 9.23 Å². The predicted molar refractivity (Wildman–Crippen MR) is 103 cm³/mol. The van der Waals surface area contributed by atoms with Gasteiger partial charge in [-0.05, 0) is 73.8 Å². The fraction of sp³-hybridized carbons (Fsp3) is 0.478. The third-order valence-electron chi connectivity index (χ3n) is 5.31. The Balaban J connectivity index is 2.11. The fourth-order valence-corrected chi connectivity index (χ4v) is 3.49. The normalized spacial score (nSPS) is 16.5. The number of rotatable bonds is 1. The Morgan fingerprint density at radius 3 is 2.21 bits per heavy atom. The molecule has 0 saturated heterocycles. The van der Waals surface area contributed by atoms with E-state index >= 15 is 0 Å². The van der Waals surface area contributed by atoms with Crippen molar-refractivity contribution in [3.05, 3.63) is 52.6 Å². The summed E-state index contributed by atoms with van der Waals surface area (Å²) >= 11 is 0. The van der Waals surface area contributed by atoms with E-state index in [4.69, 9.17) is 4.74 Å². The van der Waals surface area contributed by atoms with Crippen LogP contribution in [-0.2, 0) is 11.8 Å². The maximum absolute atomic E-state index is 6.37. The Kier molecular flexibility index (Phi) is 4.02. The van der Waals surface area contributed by atoms with Gasteiger partial charge in [0.05, 0.1) is 0 Å². The van der Waals surface area contributed by atoms with Crippen LogP contribution in [0.25, 0.3) is 11.1 Å². The van der Waals surface area contributed by atoms with E-state index in [2.05, 4.69) is 78.8 Å². The van der Waals surface area contributed by atoms with Gasteiger partial charge in [0.25, 0.3) is 0 Å². The molecule has 0 bridgehead atoms. The molecule has 0 amide bonds. The molecule has 1 heteroatoms. The van der Waals surface area contributed by atoms with Crippen molar-refractivity contribution in [1.29, 1.82) is 0 Å². The molecule has 0 aliphatic carbocycles. The zero-order chi connectivity index (χ0) is 17.7. The lowest BCUT2D eigenvalue weighted by Gasteiger charge is -2.35. The van der Waals surface area contributed by atoms with Gasteiger partial charge in [0, 0.05) is 5.56 Å². The van der Waals surface area contributed by atoms with Gasteiger partial charge in [0.1, 0.15) is 11.4 Å². The first-order valence-electron chi connectivity index (χ1n) is 9.01. The molecule has 0 fully saturated rings. The molecule has 0 saturated carbocycles. The Hall–Kier alpha value is -1.76. The van der Waals surface area contributed by atoms with Crippen molar-refractivity contribution in [3.63, 3.8) is 0 Å². The average Bonchev–Trinajstić information content (AvgIpc) is 2.50. The highest BCUT2D eigenvalue weighted by Crippen LogP contribution is 2.42. The van der Waals surface area contributed by atoms with E-state index in [-0.39, 0.29) is 11.0 Å². The molecule has 1 aliphatic rings. The maximum Gasteiger partial charge on any atom is 0.127 e. The SMILES string of the molecule is Cc1cc(-c2ccc(C(C)(C)C)cc2)c2c(c1C)OC(C)(C)CC2. The van der Waals surface area contributed by atoms with Gasteiger partial charge in [0.15, 0.2) is 0 Å². The second kappa shape index (κ2) is 5.65. The van der Waals surface area contributed by atoms with Crippen molar-refractivity contribution in [1.82, 2.24) is 0 Å². The van der Waals surface area contributed by atoms with E-state index in [1.54, 1.807) is 0 Å². The minimum Gasteiger partial charge on any atom is -0.487 e. The highest BCUT2D eigenvalue weighted by molar-refractivity contribution is 5.73. The highest BCUT2D eigenvalue weighted by atomic mass is 16.5. The summed E-state index contributed by atoms with van der Waals surface area (Å²) in [5, 5.41) is 0. The van der Waals surface area contributed by atoms with Crippen LogP contribution in [0.15, 0.2) is 30.3 Å². The number of aryl methyl sites for hydroxylation is 1. The number of ether oxygens (including phenoxy) is 1. The van der Waals surface area contributed by atoms with Gasteiger partial charge in [0.2, 0.25) is 0 Å². The molecule has 128 valence electrons. The standard InChI is InChI=1S/C23H30O/c1-15-14-20(17-8-10-18(11-9-17)22(3,4)5)19-12-13-23(6,7)24-21(19)16(15)2/h8-11,14H,12-13H2,1-7H3. The lowest BCUT2D eigenvalue weighted by atomic mass is 9.83. The minimum absolute atomic E-state index is 0.0705. The average molecular weight is 322 g/mol. The zero-order valence-corrected chi connectivity index (χ0v) is 16.2. The fourth-order valence-electron chi connectivity index (χ4n) is 3.49. The van der Waals surface area contributed by atoms with Crippen LogP contribution in [0.1, 0.15) is 63.3 Å². The molecule has 0 spiro atoms. The maximum atomic E-state index is 6.37. The lowest BCUT2D eigenvalue weighted by Crippen LogP contribution is -2.33. The minimum atomic E-state index is -0.0705. The first-order valence-corrected chi connectivity index (χ1v) is 9.01. The van der Waals surface area contributed by atoms with Gasteiger partial charge in [-0.3, -0.25) is 0 Å². The van der Waals surface area contributed by atoms with Crippen LogP contribution >= 0.6 is 0 Å². The zero-order valence-electron chi connectivity index (χ0n) is 16.2. The summed E-state index contributed by atoms with van der Waals surface area (Å²) in [5.41, 5.74) is 8.10. The van der Waals surface area contributed by atoms with Gasteiger partial charge in [-0.2, -0.15) is 0 Å². The molecular formula is C23H30O. The van der Waals surface area contributed by atoms with E-state index in [0.717, 1.165) is 18.6 Å². The van der Waals surface area contributed by atoms with Crippen molar-refractivity contribution >= 4 is 0 Å². The Morgan fingerprint density at radius 2 is 1.62 bits per heavy atom. The molecule has 24 heavy (non-hydrogen) atoms. The van der Waals surface area contributed by atoms with Crippen molar-refractivity contribution in [3.8, 4) is 16.9 Å². The lowest BCUT2D eigenvalue weighted by molar-refractivity contribution is 0.0838. The third-order valence-corrected chi connectivity index (χ3v) is 5.31. The summed E-state index contributed by atoms with van der Waals surface area (Å²) in [6.07, 6.45) is 2.15. The van der Waals surface area contributed by atoms with Crippen molar-refractivity contribution in [2.24, 2.45) is 0 Å². The first-order chi connectivity index (χ1) is 11.1. The summed E-state index contributed by atoms with van der Waals surface area (Å²) in [4.78, 5) is 0. The van der Waals surface area contributed by atoms with Crippen LogP contribution in [-0.4, -0.2) is 5.60 Å². The monoisotopic (exact) mass is 322 g/mol. The van der Waals surface area contributed by atoms with Crippen LogP contribution in [0, 0.1) is 13.8 Å². The third kappa shape index (κ3) is 3.09. The van der Waals surface area contributed by atoms with E-state index in [1.807, 2.05) is 0 Å². The van der Waals surface area contributed by atoms with Crippen LogP contribution in [0.2, 0.25) is 0 Å². The Labute approximate surface area is 147 Å². The summed E-state index contributed by atoms with van der Waals surface area (Å²) in [6, 6.07) is 11.4. The second-order valence-electron chi connectivity index (χ2n) is 8.86. The molecule has 0 atom stereocenters. The summed E-state index contributed by atoms with van der Waals surface area (Å²) in [6.45, 7) is 15.5. The summed E-state index contributed by atoms with van der Waals surface area (Å²) in [5.74, 6) is 1.11. The highest BCUT2D eigenvalue weighted by Gasteiger charge is 2.30. The van der Waals surface area contributed by atoms with Crippen LogP contribution < -0.4 is 4.74 Å². The molecule has 2 aromatic carbocycles. The van der Waals surface area contributed by atoms with Crippen LogP contribution in [0.5, 0.6) is 5.75 Å². The Bertz CT molecular complexity index is 758. The van der Waals surface area contributed by atoms with Crippen molar-refractivity contribution in [2.75, 3.05) is 0 Å². The van der Waals surface area contributed by atoms with E-state index < -0.39 is 0 Å². The van der Waals surface area contributed by atoms with Gasteiger partial charge >= 0.3 is 0 Å². The van der Waals surface area contributed by atoms with E-state index in [9.17, 15) is 0 Å². The molecule has 1 aliphatic heterocycles. The van der Waals surface area contributed by atoms with Gasteiger partial charge in [-0.1, -0.05) is 51.1 Å². The number of benzene rings is 2. The second-order valence-corrected chi connectivity index (χ2v) is 8.86. The summed E-state index contributed by atoms with van der Waals surface area (Å²) in [7, 11) is 0. The quantitative estimate of drug-likeness (QED) is 0.592. The van der Waals surface area contributed by atoms with Crippen LogP contribution in [0.3, 0.4) is 0 Å². The molecule has 2 aromatic rings. The van der Waals surface area contributed by atoms with Crippen LogP contribution in [0.4, 0.5) is 0 Å². The number of hydrogen-bond donors (Lipinski definition) is 0. The van der Waals surface area contributed by atoms with E-state index in [0.29, 0.717) is 0 Å². The molecule has 0 aromatic heterocycles. The molecule has 0 radical (unpaired) electrons. The smallest absolute Gasteiger partial charge is 0.127 e. The van der Waals surface area contributed by atoms with Gasteiger partial charge in [-0.15, -0.1) is 0 Å². The molecule has 0 unspecified atom stereocenters. The molecule has 1 heterocycles. The molecule has 0 N–H and O–H groups in total. The van der Waals surface area contributed by atoms with Gasteiger partial charge in [-0.25, -0.2) is 0 Å². The predicted octanol–water partition coefficient (Wildman–Crippen LogP) is 6.37. The first kappa shape index (κ1) is 17.1. The Morgan fingerprint density at radius 1 is 1.00 bits per heavy atom.